The fraction of sp³-hybridized carbons (Fsp3) is 0.238. The molecule has 2 aromatic heterocycles. The molecule has 0 saturated carbocycles. The van der Waals surface area contributed by atoms with Crippen molar-refractivity contribution in [1.29, 1.82) is 5.26 Å². The lowest BCUT2D eigenvalue weighted by Gasteiger charge is -2.15. The van der Waals surface area contributed by atoms with Crippen LogP contribution in [0.15, 0.2) is 47.1 Å². The highest BCUT2D eigenvalue weighted by Gasteiger charge is 2.26. The van der Waals surface area contributed by atoms with Gasteiger partial charge in [-0.05, 0) is 48.6 Å². The Bertz CT molecular complexity index is 1020. The molecule has 1 aliphatic carbocycles. The van der Waals surface area contributed by atoms with Crippen LogP contribution in [-0.4, -0.2) is 11.2 Å². The summed E-state index contributed by atoms with van der Waals surface area (Å²) in [5.74, 6) is 1.40. The van der Waals surface area contributed by atoms with Gasteiger partial charge in [-0.1, -0.05) is 24.3 Å². The molecule has 0 aliphatic heterocycles. The van der Waals surface area contributed by atoms with Crippen LogP contribution in [-0.2, 0) is 23.4 Å². The van der Waals surface area contributed by atoms with E-state index in [4.69, 9.17) is 4.42 Å². The van der Waals surface area contributed by atoms with Gasteiger partial charge >= 0.3 is 0 Å². The van der Waals surface area contributed by atoms with Crippen LogP contribution in [0, 0.1) is 11.3 Å². The summed E-state index contributed by atoms with van der Waals surface area (Å²) in [4.78, 5) is 13.7. The molecule has 2 heterocycles. The molecule has 1 unspecified atom stereocenters. The second kappa shape index (κ2) is 7.63. The average Bonchev–Trinajstić information content (AvgIpc) is 3.33. The second-order valence-electron chi connectivity index (χ2n) is 6.40. The molecule has 4 nitrogen and oxygen atoms in total. The van der Waals surface area contributed by atoms with Gasteiger partial charge in [-0.3, -0.25) is 4.79 Å². The number of carbonyl (C=O) groups is 1. The summed E-state index contributed by atoms with van der Waals surface area (Å²) in [7, 11) is 0. The number of rotatable bonds is 5. The van der Waals surface area contributed by atoms with Gasteiger partial charge in [-0.25, -0.2) is 0 Å². The molecule has 0 bridgehead atoms. The van der Waals surface area contributed by atoms with E-state index in [1.54, 1.807) is 6.26 Å². The Balaban J connectivity index is 1.54. The van der Waals surface area contributed by atoms with Crippen molar-refractivity contribution in [3.05, 3.63) is 65.1 Å². The average molecular weight is 395 g/mol. The number of nitrogens with one attached hydrogen (secondary N) is 1. The van der Waals surface area contributed by atoms with Crippen LogP contribution in [0.1, 0.15) is 29.4 Å². The van der Waals surface area contributed by atoms with E-state index in [-0.39, 0.29) is 11.2 Å². The van der Waals surface area contributed by atoms with Gasteiger partial charge in [0.1, 0.15) is 16.8 Å². The van der Waals surface area contributed by atoms with Crippen LogP contribution in [0.4, 0.5) is 5.00 Å². The molecule has 27 heavy (non-hydrogen) atoms. The third kappa shape index (κ3) is 3.53. The summed E-state index contributed by atoms with van der Waals surface area (Å²) in [6.07, 6.45) is 3.40. The Labute approximate surface area is 166 Å². The minimum Gasteiger partial charge on any atom is -0.468 e. The predicted octanol–water partition coefficient (Wildman–Crippen LogP) is 5.24. The van der Waals surface area contributed by atoms with Crippen LogP contribution in [0.25, 0.3) is 10.4 Å². The van der Waals surface area contributed by atoms with Crippen LogP contribution in [0.2, 0.25) is 0 Å². The number of fused-ring (bicyclic) bond motifs is 3. The van der Waals surface area contributed by atoms with E-state index >= 15 is 0 Å². The Morgan fingerprint density at radius 2 is 2.19 bits per heavy atom. The third-order valence-electron chi connectivity index (χ3n) is 4.69. The first-order valence-corrected chi connectivity index (χ1v) is 10.6. The second-order valence-corrected chi connectivity index (χ2v) is 8.75. The largest absolute Gasteiger partial charge is 0.468 e. The zero-order chi connectivity index (χ0) is 18.8. The summed E-state index contributed by atoms with van der Waals surface area (Å²) < 4.78 is 5.31. The molecule has 1 amide bonds. The first-order chi connectivity index (χ1) is 13.2. The van der Waals surface area contributed by atoms with E-state index in [1.165, 1.54) is 34.2 Å². The van der Waals surface area contributed by atoms with Crippen molar-refractivity contribution in [2.45, 2.75) is 30.8 Å². The lowest BCUT2D eigenvalue weighted by molar-refractivity contribution is -0.115. The summed E-state index contributed by atoms with van der Waals surface area (Å²) in [5, 5.41) is 13.1. The first kappa shape index (κ1) is 17.9. The molecule has 6 heteroatoms. The molecule has 1 aromatic carbocycles. The number of thiophene rings is 1. The zero-order valence-corrected chi connectivity index (χ0v) is 16.5. The van der Waals surface area contributed by atoms with E-state index in [0.29, 0.717) is 16.3 Å². The van der Waals surface area contributed by atoms with E-state index in [9.17, 15) is 10.1 Å². The van der Waals surface area contributed by atoms with Crippen LogP contribution in [0.5, 0.6) is 0 Å². The number of amides is 1. The smallest absolute Gasteiger partial charge is 0.237 e. The monoisotopic (exact) mass is 394 g/mol. The normalized spacial score (nSPS) is 13.3. The fourth-order valence-electron chi connectivity index (χ4n) is 3.24. The van der Waals surface area contributed by atoms with Gasteiger partial charge in [0.25, 0.3) is 0 Å². The van der Waals surface area contributed by atoms with E-state index in [2.05, 4.69) is 23.5 Å². The molecular formula is C21H18N2O2S2. The maximum atomic E-state index is 12.6. The third-order valence-corrected chi connectivity index (χ3v) is 7.03. The van der Waals surface area contributed by atoms with Gasteiger partial charge in [-0.2, -0.15) is 5.26 Å². The van der Waals surface area contributed by atoms with E-state index in [0.717, 1.165) is 29.0 Å². The van der Waals surface area contributed by atoms with Crippen LogP contribution >= 0.6 is 23.1 Å². The minimum absolute atomic E-state index is 0.0880. The lowest BCUT2D eigenvalue weighted by Crippen LogP contribution is -2.22. The first-order valence-electron chi connectivity index (χ1n) is 8.76. The van der Waals surface area contributed by atoms with E-state index < -0.39 is 0 Å². The molecule has 1 aliphatic rings. The molecule has 0 saturated heterocycles. The molecule has 0 radical (unpaired) electrons. The van der Waals surface area contributed by atoms with Crippen molar-refractivity contribution in [3.63, 3.8) is 0 Å². The minimum atomic E-state index is -0.243. The van der Waals surface area contributed by atoms with Crippen molar-refractivity contribution >= 4 is 34.0 Å². The number of benzene rings is 1. The number of anilines is 1. The van der Waals surface area contributed by atoms with Crippen LogP contribution < -0.4 is 5.32 Å². The van der Waals surface area contributed by atoms with Crippen molar-refractivity contribution in [3.8, 4) is 16.5 Å². The number of carbonyl (C=O) groups excluding carboxylic acids is 1. The number of nitriles is 1. The van der Waals surface area contributed by atoms with Gasteiger partial charge in [0.15, 0.2) is 0 Å². The Hall–Kier alpha value is -2.49. The number of furan rings is 1. The maximum absolute atomic E-state index is 12.6. The number of aryl methyl sites for hydroxylation is 1. The maximum Gasteiger partial charge on any atom is 0.237 e. The highest BCUT2D eigenvalue weighted by atomic mass is 32.2. The molecular weight excluding hydrogens is 376 g/mol. The van der Waals surface area contributed by atoms with Crippen molar-refractivity contribution in [2.75, 3.05) is 5.32 Å². The molecule has 1 atom stereocenters. The van der Waals surface area contributed by atoms with Crippen LogP contribution in [0.3, 0.4) is 0 Å². The highest BCUT2D eigenvalue weighted by Crippen LogP contribution is 2.44. The molecule has 136 valence electrons. The lowest BCUT2D eigenvalue weighted by atomic mass is 9.90. The number of nitrogens with zero attached hydrogens (tertiary/aromatic N) is 1. The predicted molar refractivity (Wildman–Crippen MR) is 110 cm³/mol. The molecule has 0 spiro atoms. The Morgan fingerprint density at radius 1 is 1.33 bits per heavy atom. The zero-order valence-electron chi connectivity index (χ0n) is 14.8. The number of hydrogen-bond acceptors (Lipinski definition) is 5. The number of thioether (sulfide) groups is 1. The number of hydrogen-bond donors (Lipinski definition) is 1. The van der Waals surface area contributed by atoms with Crippen molar-refractivity contribution in [2.24, 2.45) is 0 Å². The van der Waals surface area contributed by atoms with Crippen molar-refractivity contribution < 1.29 is 9.21 Å². The topological polar surface area (TPSA) is 66.0 Å². The van der Waals surface area contributed by atoms with Gasteiger partial charge in [-0.15, -0.1) is 23.1 Å². The summed E-state index contributed by atoms with van der Waals surface area (Å²) in [6.45, 7) is 1.87. The fourth-order valence-corrected chi connectivity index (χ4v) is 5.29. The Kier molecular flexibility index (Phi) is 5.06. The quantitative estimate of drug-likeness (QED) is 0.643. The van der Waals surface area contributed by atoms with Gasteiger partial charge in [0, 0.05) is 4.88 Å². The molecule has 0 fully saturated rings. The van der Waals surface area contributed by atoms with E-state index in [1.807, 2.05) is 31.2 Å². The SMILES string of the molecule is CC(SCc1ccco1)C(=O)Nc1sc2c(c1C#N)CCc1ccccc1-2. The summed E-state index contributed by atoms with van der Waals surface area (Å²) in [5.41, 5.74) is 4.16. The molecule has 4 rings (SSSR count). The Morgan fingerprint density at radius 3 is 2.96 bits per heavy atom. The van der Waals surface area contributed by atoms with Crippen molar-refractivity contribution in [1.82, 2.24) is 0 Å². The van der Waals surface area contributed by atoms with Gasteiger partial charge in [0.05, 0.1) is 22.8 Å². The highest BCUT2D eigenvalue weighted by molar-refractivity contribution is 7.99. The summed E-state index contributed by atoms with van der Waals surface area (Å²) in [6, 6.07) is 14.3. The van der Waals surface area contributed by atoms with Gasteiger partial charge in [0.2, 0.25) is 5.91 Å². The molecule has 3 aromatic rings. The molecule has 1 N–H and O–H groups in total. The summed E-state index contributed by atoms with van der Waals surface area (Å²) >= 11 is 3.02. The standard InChI is InChI=1S/C21H18N2O2S2/c1-13(26-12-15-6-4-10-25-15)20(24)23-21-18(11-22)17-9-8-14-5-2-3-7-16(14)19(17)27-21/h2-7,10,13H,8-9,12H2,1H3,(H,23,24). The van der Waals surface area contributed by atoms with Gasteiger partial charge < -0.3 is 9.73 Å².